The second-order valence-electron chi connectivity index (χ2n) is 5.52. The molecule has 1 saturated heterocycles. The first-order chi connectivity index (χ1) is 7.88. The summed E-state index contributed by atoms with van der Waals surface area (Å²) in [5.41, 5.74) is 0. The highest BCUT2D eigenvalue weighted by molar-refractivity contribution is 4.80. The number of nitrogens with one attached hydrogen (secondary N) is 1. The van der Waals surface area contributed by atoms with Crippen LogP contribution in [-0.4, -0.2) is 13.1 Å². The molecule has 16 heavy (non-hydrogen) atoms. The molecule has 0 saturated carbocycles. The van der Waals surface area contributed by atoms with E-state index >= 15 is 0 Å². The van der Waals surface area contributed by atoms with Crippen molar-refractivity contribution >= 4 is 0 Å². The predicted molar refractivity (Wildman–Crippen MR) is 72.8 cm³/mol. The maximum atomic E-state index is 3.59. The van der Waals surface area contributed by atoms with Crippen molar-refractivity contribution < 1.29 is 0 Å². The van der Waals surface area contributed by atoms with Gasteiger partial charge in [-0.3, -0.25) is 0 Å². The summed E-state index contributed by atoms with van der Waals surface area (Å²) in [6, 6.07) is 0. The number of hydrogen-bond acceptors (Lipinski definition) is 1. The minimum Gasteiger partial charge on any atom is -0.316 e. The molecule has 96 valence electrons. The van der Waals surface area contributed by atoms with E-state index in [4.69, 9.17) is 0 Å². The Bertz CT molecular complexity index is 156. The van der Waals surface area contributed by atoms with Crippen molar-refractivity contribution in [2.75, 3.05) is 13.1 Å². The van der Waals surface area contributed by atoms with Crippen LogP contribution < -0.4 is 5.32 Å². The molecule has 0 aromatic rings. The third-order valence-electron chi connectivity index (χ3n) is 4.09. The molecule has 0 radical (unpaired) electrons. The van der Waals surface area contributed by atoms with E-state index in [1.165, 1.54) is 70.9 Å². The van der Waals surface area contributed by atoms with E-state index in [1.54, 1.807) is 0 Å². The van der Waals surface area contributed by atoms with Crippen LogP contribution in [0.3, 0.4) is 0 Å². The molecule has 2 unspecified atom stereocenters. The van der Waals surface area contributed by atoms with Crippen LogP contribution >= 0.6 is 0 Å². The third kappa shape index (κ3) is 5.34. The summed E-state index contributed by atoms with van der Waals surface area (Å²) in [5.74, 6) is 1.99. The molecule has 1 aliphatic heterocycles. The van der Waals surface area contributed by atoms with Crippen LogP contribution in [0.2, 0.25) is 0 Å². The molecule has 1 aliphatic rings. The highest BCUT2D eigenvalue weighted by Crippen LogP contribution is 2.27. The number of hydrogen-bond donors (Lipinski definition) is 1. The maximum absolute atomic E-state index is 3.59. The molecule has 1 heteroatoms. The third-order valence-corrected chi connectivity index (χ3v) is 4.09. The lowest BCUT2D eigenvalue weighted by molar-refractivity contribution is 0.348. The van der Waals surface area contributed by atoms with E-state index in [-0.39, 0.29) is 0 Å². The Balaban J connectivity index is 2.08. The first kappa shape index (κ1) is 14.0. The van der Waals surface area contributed by atoms with Crippen molar-refractivity contribution in [3.63, 3.8) is 0 Å². The second kappa shape index (κ2) is 9.04. The van der Waals surface area contributed by atoms with Gasteiger partial charge in [0.25, 0.3) is 0 Å². The second-order valence-corrected chi connectivity index (χ2v) is 5.52. The zero-order valence-corrected chi connectivity index (χ0v) is 11.4. The fraction of sp³-hybridized carbons (Fsp3) is 1.00. The van der Waals surface area contributed by atoms with Gasteiger partial charge in [-0.1, -0.05) is 58.8 Å². The highest BCUT2D eigenvalue weighted by Gasteiger charge is 2.25. The van der Waals surface area contributed by atoms with Crippen molar-refractivity contribution in [1.82, 2.24) is 5.32 Å². The standard InChI is InChI=1S/C15H31N/c1-3-5-7-9-11-15-13-16-12-14(15)10-8-6-4-2/h14-16H,3-13H2,1-2H3. The lowest BCUT2D eigenvalue weighted by atomic mass is 9.87. The van der Waals surface area contributed by atoms with Crippen molar-refractivity contribution in [3.8, 4) is 0 Å². The lowest BCUT2D eigenvalue weighted by Gasteiger charge is -2.18. The van der Waals surface area contributed by atoms with Crippen LogP contribution in [0.4, 0.5) is 0 Å². The molecule has 2 atom stereocenters. The summed E-state index contributed by atoms with van der Waals surface area (Å²) in [6.45, 7) is 7.19. The van der Waals surface area contributed by atoms with Gasteiger partial charge in [-0.15, -0.1) is 0 Å². The van der Waals surface area contributed by atoms with Gasteiger partial charge < -0.3 is 5.32 Å². The average Bonchev–Trinajstić information content (AvgIpc) is 2.73. The summed E-state index contributed by atoms with van der Waals surface area (Å²) < 4.78 is 0. The van der Waals surface area contributed by atoms with Gasteiger partial charge in [-0.2, -0.15) is 0 Å². The van der Waals surface area contributed by atoms with E-state index in [2.05, 4.69) is 19.2 Å². The van der Waals surface area contributed by atoms with Crippen molar-refractivity contribution in [2.24, 2.45) is 11.8 Å². The predicted octanol–water partition coefficient (Wildman–Crippen LogP) is 4.37. The molecule has 0 aromatic carbocycles. The van der Waals surface area contributed by atoms with E-state index in [9.17, 15) is 0 Å². The quantitative estimate of drug-likeness (QED) is 0.574. The Hall–Kier alpha value is -0.0400. The molecule has 0 amide bonds. The van der Waals surface area contributed by atoms with Gasteiger partial charge in [-0.05, 0) is 37.8 Å². The van der Waals surface area contributed by atoms with Crippen molar-refractivity contribution in [2.45, 2.75) is 71.6 Å². The zero-order chi connectivity index (χ0) is 11.6. The van der Waals surface area contributed by atoms with E-state index in [0.717, 1.165) is 11.8 Å². The van der Waals surface area contributed by atoms with Gasteiger partial charge in [0.1, 0.15) is 0 Å². The molecule has 0 aliphatic carbocycles. The zero-order valence-electron chi connectivity index (χ0n) is 11.4. The van der Waals surface area contributed by atoms with E-state index in [1.807, 2.05) is 0 Å². The maximum Gasteiger partial charge on any atom is -0.00173 e. The van der Waals surface area contributed by atoms with Crippen LogP contribution in [0.1, 0.15) is 71.6 Å². The first-order valence-corrected chi connectivity index (χ1v) is 7.59. The van der Waals surface area contributed by atoms with E-state index < -0.39 is 0 Å². The topological polar surface area (TPSA) is 12.0 Å². The molecular formula is C15H31N. The van der Waals surface area contributed by atoms with E-state index in [0.29, 0.717) is 0 Å². The molecule has 1 rings (SSSR count). The molecule has 1 heterocycles. The molecule has 1 nitrogen and oxygen atoms in total. The Kier molecular flexibility index (Phi) is 7.92. The average molecular weight is 225 g/mol. The normalized spacial score (nSPS) is 25.1. The Labute approximate surface area is 102 Å². The van der Waals surface area contributed by atoms with Gasteiger partial charge in [0.2, 0.25) is 0 Å². The number of unbranched alkanes of at least 4 members (excludes halogenated alkanes) is 5. The molecular weight excluding hydrogens is 194 g/mol. The smallest absolute Gasteiger partial charge is 0.00173 e. The summed E-state index contributed by atoms with van der Waals surface area (Å²) in [7, 11) is 0. The van der Waals surface area contributed by atoms with Gasteiger partial charge in [0.05, 0.1) is 0 Å². The highest BCUT2D eigenvalue weighted by atomic mass is 14.9. The summed E-state index contributed by atoms with van der Waals surface area (Å²) in [4.78, 5) is 0. The molecule has 0 bridgehead atoms. The summed E-state index contributed by atoms with van der Waals surface area (Å²) >= 11 is 0. The minimum atomic E-state index is 0.994. The minimum absolute atomic E-state index is 0.994. The number of rotatable bonds is 9. The van der Waals surface area contributed by atoms with Crippen LogP contribution in [0.5, 0.6) is 0 Å². The lowest BCUT2D eigenvalue weighted by Crippen LogP contribution is -2.12. The Morgan fingerprint density at radius 2 is 1.25 bits per heavy atom. The fourth-order valence-corrected chi connectivity index (χ4v) is 2.95. The molecule has 1 fully saturated rings. The molecule has 0 spiro atoms. The van der Waals surface area contributed by atoms with Crippen LogP contribution in [0.15, 0.2) is 0 Å². The molecule has 0 aromatic heterocycles. The van der Waals surface area contributed by atoms with Gasteiger partial charge in [0.15, 0.2) is 0 Å². The monoisotopic (exact) mass is 225 g/mol. The van der Waals surface area contributed by atoms with Crippen molar-refractivity contribution in [3.05, 3.63) is 0 Å². The van der Waals surface area contributed by atoms with Crippen LogP contribution in [-0.2, 0) is 0 Å². The Morgan fingerprint density at radius 3 is 1.81 bits per heavy atom. The van der Waals surface area contributed by atoms with Gasteiger partial charge in [-0.25, -0.2) is 0 Å². The summed E-state index contributed by atoms with van der Waals surface area (Å²) in [6.07, 6.45) is 12.9. The largest absolute Gasteiger partial charge is 0.316 e. The van der Waals surface area contributed by atoms with Crippen molar-refractivity contribution in [1.29, 1.82) is 0 Å². The first-order valence-electron chi connectivity index (χ1n) is 7.59. The van der Waals surface area contributed by atoms with Crippen LogP contribution in [0.25, 0.3) is 0 Å². The van der Waals surface area contributed by atoms with Gasteiger partial charge >= 0.3 is 0 Å². The molecule has 1 N–H and O–H groups in total. The summed E-state index contributed by atoms with van der Waals surface area (Å²) in [5, 5.41) is 3.59. The van der Waals surface area contributed by atoms with Gasteiger partial charge in [0, 0.05) is 0 Å². The SMILES string of the molecule is CCCCCCC1CNCC1CCCCC. The Morgan fingerprint density at radius 1 is 0.750 bits per heavy atom. The van der Waals surface area contributed by atoms with Crippen LogP contribution in [0, 0.1) is 11.8 Å². The fourth-order valence-electron chi connectivity index (χ4n) is 2.95.